The Labute approximate surface area is 128 Å². The smallest absolute Gasteiger partial charge is 0.245 e. The topological polar surface area (TPSA) is 57.2 Å². The summed E-state index contributed by atoms with van der Waals surface area (Å²) < 4.78 is 0. The third-order valence-corrected chi connectivity index (χ3v) is 3.42. The van der Waals surface area contributed by atoms with E-state index in [1.165, 1.54) is 5.56 Å². The summed E-state index contributed by atoms with van der Waals surface area (Å²) >= 11 is 0. The lowest BCUT2D eigenvalue weighted by atomic mass is 10.2. The van der Waals surface area contributed by atoms with E-state index in [1.54, 1.807) is 6.21 Å². The van der Waals surface area contributed by atoms with Crippen LogP contribution in [0.3, 0.4) is 0 Å². The molecule has 2 aromatic carbocycles. The Morgan fingerprint density at radius 1 is 1.18 bits per heavy atom. The molecule has 0 radical (unpaired) electrons. The second-order valence-electron chi connectivity index (χ2n) is 5.26. The maximum Gasteiger partial charge on any atom is 0.245 e. The quantitative estimate of drug-likeness (QED) is 0.563. The highest BCUT2D eigenvalue weighted by Crippen LogP contribution is 2.14. The number of hydrogen-bond acceptors (Lipinski definition) is 2. The summed E-state index contributed by atoms with van der Waals surface area (Å²) in [4.78, 5) is 15.1. The molecule has 110 valence electrons. The van der Waals surface area contributed by atoms with E-state index in [0.717, 1.165) is 22.2 Å². The average Bonchev–Trinajstić information content (AvgIpc) is 2.91. The van der Waals surface area contributed by atoms with Crippen LogP contribution in [0.5, 0.6) is 0 Å². The number of carbonyl (C=O) groups excluding carboxylic acids is 1. The SMILES string of the molecule is Cc1ccc(/C=N\NC(=O)Cc2cc3ccccc3[nH]2)cc1. The van der Waals surface area contributed by atoms with Crippen LogP contribution in [0.4, 0.5) is 0 Å². The first-order valence-electron chi connectivity index (χ1n) is 7.16. The Kier molecular flexibility index (Phi) is 4.01. The summed E-state index contributed by atoms with van der Waals surface area (Å²) in [5.74, 6) is -0.144. The molecule has 0 aliphatic heterocycles. The highest BCUT2D eigenvalue weighted by molar-refractivity contribution is 5.85. The first-order chi connectivity index (χ1) is 10.7. The lowest BCUT2D eigenvalue weighted by Crippen LogP contribution is -2.19. The zero-order valence-corrected chi connectivity index (χ0v) is 12.3. The van der Waals surface area contributed by atoms with E-state index in [-0.39, 0.29) is 12.3 Å². The lowest BCUT2D eigenvalue weighted by molar-refractivity contribution is -0.120. The molecule has 0 fully saturated rings. The van der Waals surface area contributed by atoms with E-state index in [2.05, 4.69) is 15.5 Å². The second-order valence-corrected chi connectivity index (χ2v) is 5.26. The molecule has 0 aliphatic rings. The number of amides is 1. The second kappa shape index (κ2) is 6.26. The fraction of sp³-hybridized carbons (Fsp3) is 0.111. The number of nitrogens with zero attached hydrogens (tertiary/aromatic N) is 1. The van der Waals surface area contributed by atoms with Gasteiger partial charge in [0.2, 0.25) is 5.91 Å². The monoisotopic (exact) mass is 291 g/mol. The molecular weight excluding hydrogens is 274 g/mol. The van der Waals surface area contributed by atoms with Crippen LogP contribution in [0, 0.1) is 6.92 Å². The molecule has 0 unspecified atom stereocenters. The zero-order valence-electron chi connectivity index (χ0n) is 12.3. The van der Waals surface area contributed by atoms with E-state index in [9.17, 15) is 4.79 Å². The number of aromatic nitrogens is 1. The van der Waals surface area contributed by atoms with Gasteiger partial charge in [0, 0.05) is 11.2 Å². The van der Waals surface area contributed by atoms with Crippen LogP contribution in [-0.2, 0) is 11.2 Å². The number of H-pyrrole nitrogens is 1. The molecule has 0 spiro atoms. The van der Waals surface area contributed by atoms with Gasteiger partial charge in [-0.3, -0.25) is 4.79 Å². The third-order valence-electron chi connectivity index (χ3n) is 3.42. The first-order valence-corrected chi connectivity index (χ1v) is 7.16. The van der Waals surface area contributed by atoms with Crippen molar-refractivity contribution in [2.75, 3.05) is 0 Å². The van der Waals surface area contributed by atoms with Gasteiger partial charge in [-0.1, -0.05) is 48.0 Å². The number of rotatable bonds is 4. The molecular formula is C18H17N3O. The van der Waals surface area contributed by atoms with Crippen molar-refractivity contribution in [3.63, 3.8) is 0 Å². The number of benzene rings is 2. The van der Waals surface area contributed by atoms with Gasteiger partial charge in [-0.05, 0) is 30.0 Å². The summed E-state index contributed by atoms with van der Waals surface area (Å²) in [5, 5.41) is 5.09. The van der Waals surface area contributed by atoms with Gasteiger partial charge in [0.1, 0.15) is 0 Å². The van der Waals surface area contributed by atoms with E-state index in [4.69, 9.17) is 0 Å². The Balaban J connectivity index is 1.59. The van der Waals surface area contributed by atoms with E-state index in [1.807, 2.05) is 61.5 Å². The molecule has 0 atom stereocenters. The van der Waals surface area contributed by atoms with E-state index < -0.39 is 0 Å². The van der Waals surface area contributed by atoms with E-state index in [0.29, 0.717) is 0 Å². The maximum atomic E-state index is 11.9. The van der Waals surface area contributed by atoms with Crippen molar-refractivity contribution in [2.24, 2.45) is 5.10 Å². The Bertz CT molecular complexity index is 783. The largest absolute Gasteiger partial charge is 0.358 e. The summed E-state index contributed by atoms with van der Waals surface area (Å²) in [6, 6.07) is 17.9. The molecule has 0 aliphatic carbocycles. The van der Waals surface area contributed by atoms with Crippen molar-refractivity contribution in [2.45, 2.75) is 13.3 Å². The Morgan fingerprint density at radius 3 is 2.73 bits per heavy atom. The predicted octanol–water partition coefficient (Wildman–Crippen LogP) is 3.17. The molecule has 0 bridgehead atoms. The van der Waals surface area contributed by atoms with Crippen molar-refractivity contribution in [1.82, 2.24) is 10.4 Å². The number of para-hydroxylation sites is 1. The molecule has 1 aromatic heterocycles. The molecule has 3 aromatic rings. The molecule has 3 rings (SSSR count). The summed E-state index contributed by atoms with van der Waals surface area (Å²) in [6.45, 7) is 2.03. The minimum atomic E-state index is -0.144. The molecule has 22 heavy (non-hydrogen) atoms. The van der Waals surface area contributed by atoms with Crippen LogP contribution in [-0.4, -0.2) is 17.1 Å². The molecule has 4 nitrogen and oxygen atoms in total. The standard InChI is InChI=1S/C18H17N3O/c1-13-6-8-14(9-7-13)12-19-21-18(22)11-16-10-15-4-2-3-5-17(15)20-16/h2-10,12,20H,11H2,1H3,(H,21,22)/b19-12-. The summed E-state index contributed by atoms with van der Waals surface area (Å²) in [5.41, 5.74) is 6.61. The summed E-state index contributed by atoms with van der Waals surface area (Å²) in [6.07, 6.45) is 1.92. The van der Waals surface area contributed by atoms with Gasteiger partial charge in [-0.25, -0.2) is 5.43 Å². The van der Waals surface area contributed by atoms with Gasteiger partial charge in [0.25, 0.3) is 0 Å². The number of hydrazone groups is 1. The first kappa shape index (κ1) is 14.1. The predicted molar refractivity (Wildman–Crippen MR) is 88.9 cm³/mol. The number of fused-ring (bicyclic) bond motifs is 1. The highest BCUT2D eigenvalue weighted by Gasteiger charge is 2.05. The third kappa shape index (κ3) is 3.41. The van der Waals surface area contributed by atoms with Crippen molar-refractivity contribution >= 4 is 23.0 Å². The number of aryl methyl sites for hydroxylation is 1. The van der Waals surface area contributed by atoms with Crippen molar-refractivity contribution < 1.29 is 4.79 Å². The molecule has 0 saturated carbocycles. The number of hydrogen-bond donors (Lipinski definition) is 2. The van der Waals surface area contributed by atoms with Crippen LogP contribution in [0.1, 0.15) is 16.8 Å². The van der Waals surface area contributed by atoms with Gasteiger partial charge in [-0.15, -0.1) is 0 Å². The van der Waals surface area contributed by atoms with Gasteiger partial charge >= 0.3 is 0 Å². The van der Waals surface area contributed by atoms with Crippen LogP contribution >= 0.6 is 0 Å². The number of aromatic amines is 1. The highest BCUT2D eigenvalue weighted by atomic mass is 16.2. The average molecular weight is 291 g/mol. The van der Waals surface area contributed by atoms with Gasteiger partial charge in [0.05, 0.1) is 12.6 Å². The van der Waals surface area contributed by atoms with Crippen LogP contribution < -0.4 is 5.43 Å². The molecule has 0 saturated heterocycles. The maximum absolute atomic E-state index is 11.9. The van der Waals surface area contributed by atoms with Crippen LogP contribution in [0.25, 0.3) is 10.9 Å². The fourth-order valence-corrected chi connectivity index (χ4v) is 2.27. The van der Waals surface area contributed by atoms with Crippen LogP contribution in [0.2, 0.25) is 0 Å². The molecule has 2 N–H and O–H groups in total. The normalized spacial score (nSPS) is 11.1. The van der Waals surface area contributed by atoms with Gasteiger partial charge in [0.15, 0.2) is 0 Å². The minimum absolute atomic E-state index is 0.144. The molecule has 1 amide bonds. The Hall–Kier alpha value is -2.88. The van der Waals surface area contributed by atoms with E-state index >= 15 is 0 Å². The van der Waals surface area contributed by atoms with Gasteiger partial charge in [-0.2, -0.15) is 5.10 Å². The molecule has 4 heteroatoms. The van der Waals surface area contributed by atoms with Crippen molar-refractivity contribution in [3.8, 4) is 0 Å². The fourth-order valence-electron chi connectivity index (χ4n) is 2.27. The van der Waals surface area contributed by atoms with Crippen molar-refractivity contribution in [1.29, 1.82) is 0 Å². The van der Waals surface area contributed by atoms with Gasteiger partial charge < -0.3 is 4.98 Å². The lowest BCUT2D eigenvalue weighted by Gasteiger charge is -1.98. The van der Waals surface area contributed by atoms with Crippen molar-refractivity contribution in [3.05, 3.63) is 71.4 Å². The summed E-state index contributed by atoms with van der Waals surface area (Å²) in [7, 11) is 0. The minimum Gasteiger partial charge on any atom is -0.358 e. The Morgan fingerprint density at radius 2 is 1.95 bits per heavy atom. The van der Waals surface area contributed by atoms with Crippen LogP contribution in [0.15, 0.2) is 59.7 Å². The number of carbonyl (C=O) groups is 1. The zero-order chi connectivity index (χ0) is 15.4. The number of nitrogens with one attached hydrogen (secondary N) is 2. The molecule has 1 heterocycles.